The van der Waals surface area contributed by atoms with Crippen molar-refractivity contribution in [2.45, 2.75) is 122 Å². The second-order valence-electron chi connectivity index (χ2n) is 9.62. The minimum absolute atomic E-state index is 0.265. The topological polar surface area (TPSA) is 104 Å². The van der Waals surface area contributed by atoms with E-state index in [2.05, 4.69) is 67.8 Å². The van der Waals surface area contributed by atoms with E-state index in [-0.39, 0.29) is 12.3 Å². The van der Waals surface area contributed by atoms with E-state index in [1.807, 2.05) is 0 Å². The maximum Gasteiger partial charge on any atom is 0.267 e. The Morgan fingerprint density at radius 3 is 1.92 bits per heavy atom. The van der Waals surface area contributed by atoms with Crippen LogP contribution in [0.1, 0.15) is 110 Å². The summed E-state index contributed by atoms with van der Waals surface area (Å²) in [6.45, 7) is 4.28. The maximum absolute atomic E-state index is 12.3. The minimum Gasteiger partial charge on any atom is -0.387 e. The smallest absolute Gasteiger partial charge is 0.267 e. The Morgan fingerprint density at radius 2 is 1.29 bits per heavy atom. The molecule has 0 saturated carbocycles. The Morgan fingerprint density at radius 1 is 0.737 bits per heavy atom. The van der Waals surface area contributed by atoms with Crippen molar-refractivity contribution in [2.75, 3.05) is 5.75 Å². The van der Waals surface area contributed by atoms with E-state index < -0.39 is 28.0 Å². The number of hydrogen-bond donors (Lipinski definition) is 3. The van der Waals surface area contributed by atoms with Crippen molar-refractivity contribution in [3.05, 3.63) is 60.8 Å². The first-order valence-corrected chi connectivity index (χ1v) is 16.1. The normalized spacial score (nSPS) is 14.5. The van der Waals surface area contributed by atoms with Gasteiger partial charge in [-0.1, -0.05) is 100 Å². The Balaban J connectivity index is 4.23. The monoisotopic (exact) mass is 551 g/mol. The van der Waals surface area contributed by atoms with Gasteiger partial charge in [0.25, 0.3) is 10.1 Å². The fraction of sp³-hybridized carbons (Fsp3) is 0.645. The van der Waals surface area contributed by atoms with Crippen molar-refractivity contribution in [3.63, 3.8) is 0 Å². The van der Waals surface area contributed by atoms with Gasteiger partial charge in [0.2, 0.25) is 5.91 Å². The van der Waals surface area contributed by atoms with E-state index in [1.54, 1.807) is 6.08 Å². The predicted octanol–water partition coefficient (Wildman–Crippen LogP) is 7.39. The van der Waals surface area contributed by atoms with Crippen LogP contribution in [0, 0.1) is 0 Å². The molecule has 3 N–H and O–H groups in total. The van der Waals surface area contributed by atoms with Gasteiger partial charge in [-0.25, -0.2) is 0 Å². The first-order chi connectivity index (χ1) is 18.3. The summed E-state index contributed by atoms with van der Waals surface area (Å²) in [5, 5.41) is 13.0. The van der Waals surface area contributed by atoms with Crippen LogP contribution in [-0.4, -0.2) is 41.9 Å². The molecule has 0 radical (unpaired) electrons. The third-order valence-corrected chi connectivity index (χ3v) is 6.67. The zero-order chi connectivity index (χ0) is 28.3. The summed E-state index contributed by atoms with van der Waals surface area (Å²) in [7, 11) is -4.35. The Hall–Kier alpha value is -1.96. The van der Waals surface area contributed by atoms with Gasteiger partial charge in [0.05, 0.1) is 17.9 Å². The highest BCUT2D eigenvalue weighted by atomic mass is 32.2. The van der Waals surface area contributed by atoms with Gasteiger partial charge in [0.15, 0.2) is 0 Å². The quantitative estimate of drug-likeness (QED) is 0.0659. The molecule has 0 aromatic carbocycles. The molecule has 0 aliphatic carbocycles. The lowest BCUT2D eigenvalue weighted by atomic mass is 10.1. The SMILES string of the molecule is CC/C=C/CC/C=C/CC/C=C/C(O)C(CS(=O)(=O)O)NC(=O)CCCCCCC/C=C\C/C=C\CCC. The fourth-order valence-electron chi connectivity index (χ4n) is 3.76. The van der Waals surface area contributed by atoms with Crippen molar-refractivity contribution >= 4 is 16.0 Å². The average Bonchev–Trinajstić information content (AvgIpc) is 2.86. The van der Waals surface area contributed by atoms with Crippen LogP contribution >= 0.6 is 0 Å². The maximum atomic E-state index is 12.3. The molecule has 0 spiro atoms. The number of carbonyl (C=O) groups is 1. The number of rotatable bonds is 24. The molecule has 38 heavy (non-hydrogen) atoms. The molecule has 0 fully saturated rings. The van der Waals surface area contributed by atoms with Crippen LogP contribution in [0.3, 0.4) is 0 Å². The third-order valence-electron chi connectivity index (χ3n) is 5.89. The molecule has 218 valence electrons. The molecular formula is C31H53NO5S. The van der Waals surface area contributed by atoms with E-state index in [4.69, 9.17) is 0 Å². The van der Waals surface area contributed by atoms with E-state index in [0.29, 0.717) is 12.8 Å². The number of aliphatic hydroxyl groups excluding tert-OH is 1. The lowest BCUT2D eigenvalue weighted by molar-refractivity contribution is -0.122. The lowest BCUT2D eigenvalue weighted by Crippen LogP contribution is -2.46. The number of amides is 1. The van der Waals surface area contributed by atoms with Gasteiger partial charge in [-0.2, -0.15) is 8.42 Å². The van der Waals surface area contributed by atoms with Gasteiger partial charge in [0, 0.05) is 6.42 Å². The molecular weight excluding hydrogens is 498 g/mol. The second-order valence-corrected chi connectivity index (χ2v) is 11.1. The van der Waals surface area contributed by atoms with Gasteiger partial charge in [-0.3, -0.25) is 9.35 Å². The number of allylic oxidation sites excluding steroid dienone is 9. The second kappa shape index (κ2) is 25.3. The summed E-state index contributed by atoms with van der Waals surface area (Å²) in [5.74, 6) is -1.04. The van der Waals surface area contributed by atoms with Crippen LogP contribution in [0.5, 0.6) is 0 Å². The summed E-state index contributed by atoms with van der Waals surface area (Å²) < 4.78 is 32.1. The Labute approximate surface area is 232 Å². The number of hydrogen-bond acceptors (Lipinski definition) is 4. The highest BCUT2D eigenvalue weighted by Gasteiger charge is 2.24. The van der Waals surface area contributed by atoms with Crippen molar-refractivity contribution in [1.82, 2.24) is 5.32 Å². The van der Waals surface area contributed by atoms with Crippen LogP contribution < -0.4 is 5.32 Å². The van der Waals surface area contributed by atoms with Gasteiger partial charge >= 0.3 is 0 Å². The standard InChI is InChI=1S/C31H53NO5S/c1-3-5-7-9-11-13-15-16-17-19-21-23-25-27-31(34)32-29(28-38(35,36)37)30(33)26-24-22-20-18-14-12-10-8-6-4-2/h6-9,13-15,18,24,26,29-30,33H,3-5,10-12,16-17,19-23,25,27-28H2,1-2H3,(H,32,34)(H,35,36,37)/b8-6+,9-7-,15-13-,18-14+,26-24+. The van der Waals surface area contributed by atoms with Gasteiger partial charge in [0.1, 0.15) is 0 Å². The zero-order valence-electron chi connectivity index (χ0n) is 23.8. The Kier molecular flexibility index (Phi) is 24.0. The van der Waals surface area contributed by atoms with Crippen LogP contribution in [0.15, 0.2) is 60.8 Å². The van der Waals surface area contributed by atoms with Crippen LogP contribution in [-0.2, 0) is 14.9 Å². The molecule has 0 rings (SSSR count). The average molecular weight is 552 g/mol. The Bertz CT molecular complexity index is 827. The van der Waals surface area contributed by atoms with Crippen LogP contribution in [0.2, 0.25) is 0 Å². The first kappa shape index (κ1) is 36.0. The molecule has 7 heteroatoms. The van der Waals surface area contributed by atoms with E-state index >= 15 is 0 Å². The summed E-state index contributed by atoms with van der Waals surface area (Å²) in [6.07, 6.45) is 33.5. The summed E-state index contributed by atoms with van der Waals surface area (Å²) >= 11 is 0. The van der Waals surface area contributed by atoms with Crippen molar-refractivity contribution in [1.29, 1.82) is 0 Å². The summed E-state index contributed by atoms with van der Waals surface area (Å²) in [6, 6.07) is -1.08. The fourth-order valence-corrected chi connectivity index (χ4v) is 4.49. The molecule has 0 aromatic rings. The first-order valence-electron chi connectivity index (χ1n) is 14.5. The lowest BCUT2D eigenvalue weighted by Gasteiger charge is -2.21. The van der Waals surface area contributed by atoms with E-state index in [0.717, 1.165) is 70.6 Å². The molecule has 0 aromatic heterocycles. The highest BCUT2D eigenvalue weighted by molar-refractivity contribution is 7.85. The minimum atomic E-state index is -4.35. The van der Waals surface area contributed by atoms with Gasteiger partial charge in [-0.15, -0.1) is 0 Å². The predicted molar refractivity (Wildman–Crippen MR) is 161 cm³/mol. The summed E-state index contributed by atoms with van der Waals surface area (Å²) in [5.41, 5.74) is 0. The summed E-state index contributed by atoms with van der Waals surface area (Å²) in [4.78, 5) is 12.3. The van der Waals surface area contributed by atoms with Gasteiger partial charge in [-0.05, 0) is 64.2 Å². The largest absolute Gasteiger partial charge is 0.387 e. The molecule has 2 atom stereocenters. The molecule has 0 aliphatic heterocycles. The highest BCUT2D eigenvalue weighted by Crippen LogP contribution is 2.09. The molecule has 0 bridgehead atoms. The number of unbranched alkanes of at least 4 members (excludes halogenated alkanes) is 8. The van der Waals surface area contributed by atoms with Crippen molar-refractivity contribution < 1.29 is 22.9 Å². The van der Waals surface area contributed by atoms with Gasteiger partial charge < -0.3 is 10.4 Å². The number of nitrogens with one attached hydrogen (secondary N) is 1. The van der Waals surface area contributed by atoms with Crippen LogP contribution in [0.4, 0.5) is 0 Å². The zero-order valence-corrected chi connectivity index (χ0v) is 24.6. The molecule has 2 unspecified atom stereocenters. The van der Waals surface area contributed by atoms with E-state index in [9.17, 15) is 22.9 Å². The number of aliphatic hydroxyl groups is 1. The molecule has 6 nitrogen and oxygen atoms in total. The molecule has 0 aliphatic rings. The molecule has 1 amide bonds. The van der Waals surface area contributed by atoms with E-state index in [1.165, 1.54) is 12.5 Å². The third kappa shape index (κ3) is 25.7. The number of carbonyl (C=O) groups excluding carboxylic acids is 1. The van der Waals surface area contributed by atoms with Crippen molar-refractivity contribution in [3.8, 4) is 0 Å². The van der Waals surface area contributed by atoms with Crippen LogP contribution in [0.25, 0.3) is 0 Å². The molecule has 0 saturated heterocycles. The van der Waals surface area contributed by atoms with Crippen molar-refractivity contribution in [2.24, 2.45) is 0 Å². The molecule has 0 heterocycles.